The van der Waals surface area contributed by atoms with Gasteiger partial charge in [-0.1, -0.05) is 13.8 Å². The molecule has 0 aliphatic heterocycles. The van der Waals surface area contributed by atoms with Crippen molar-refractivity contribution in [1.29, 1.82) is 0 Å². The van der Waals surface area contributed by atoms with Crippen molar-refractivity contribution in [2.45, 2.75) is 59.0 Å². The molecular formula is C14H26N4. The fourth-order valence-corrected chi connectivity index (χ4v) is 3.09. The number of aromatic nitrogens is 2. The lowest BCUT2D eigenvalue weighted by Gasteiger charge is -2.37. The summed E-state index contributed by atoms with van der Waals surface area (Å²) in [6, 6.07) is 2.33. The normalized spacial score (nSPS) is 22.0. The molecule has 1 atom stereocenters. The molecule has 1 aromatic heterocycles. The Morgan fingerprint density at radius 3 is 2.72 bits per heavy atom. The molecule has 102 valence electrons. The van der Waals surface area contributed by atoms with Crippen LogP contribution in [0.5, 0.6) is 0 Å². The van der Waals surface area contributed by atoms with Crippen LogP contribution in [0.25, 0.3) is 0 Å². The largest absolute Gasteiger partial charge is 0.271 e. The number of nitrogens with one attached hydrogen (secondary N) is 1. The van der Waals surface area contributed by atoms with Crippen molar-refractivity contribution in [2.24, 2.45) is 17.2 Å². The average Bonchev–Trinajstić information content (AvgIpc) is 2.80. The molecule has 4 heteroatoms. The minimum absolute atomic E-state index is 0.239. The topological polar surface area (TPSA) is 55.9 Å². The Kier molecular flexibility index (Phi) is 4.07. The first-order valence-corrected chi connectivity index (χ1v) is 7.05. The summed E-state index contributed by atoms with van der Waals surface area (Å²) in [6.45, 7) is 7.75. The highest BCUT2D eigenvalue weighted by molar-refractivity contribution is 5.09. The van der Waals surface area contributed by atoms with Crippen LogP contribution in [0.15, 0.2) is 12.3 Å². The van der Waals surface area contributed by atoms with Crippen LogP contribution < -0.4 is 11.3 Å². The zero-order valence-corrected chi connectivity index (χ0v) is 11.8. The first-order valence-electron chi connectivity index (χ1n) is 7.05. The molecule has 4 nitrogen and oxygen atoms in total. The highest BCUT2D eigenvalue weighted by Crippen LogP contribution is 2.42. The highest BCUT2D eigenvalue weighted by Gasteiger charge is 2.32. The molecule has 0 spiro atoms. The van der Waals surface area contributed by atoms with Gasteiger partial charge in [-0.25, -0.2) is 0 Å². The molecule has 2 rings (SSSR count). The number of hydrogen-bond acceptors (Lipinski definition) is 3. The molecule has 1 aliphatic carbocycles. The van der Waals surface area contributed by atoms with Crippen molar-refractivity contribution in [1.82, 2.24) is 15.2 Å². The van der Waals surface area contributed by atoms with E-state index in [0.29, 0.717) is 11.3 Å². The molecule has 1 aliphatic rings. The van der Waals surface area contributed by atoms with Crippen LogP contribution in [0.2, 0.25) is 0 Å². The number of aryl methyl sites for hydroxylation is 1. The van der Waals surface area contributed by atoms with Crippen LogP contribution in [-0.4, -0.2) is 9.78 Å². The van der Waals surface area contributed by atoms with Gasteiger partial charge >= 0.3 is 0 Å². The molecule has 0 amide bonds. The van der Waals surface area contributed by atoms with E-state index in [-0.39, 0.29) is 6.04 Å². The summed E-state index contributed by atoms with van der Waals surface area (Å²) in [7, 11) is 0. The lowest BCUT2D eigenvalue weighted by atomic mass is 9.71. The van der Waals surface area contributed by atoms with E-state index in [4.69, 9.17) is 5.84 Å². The van der Waals surface area contributed by atoms with E-state index in [2.05, 4.69) is 37.4 Å². The van der Waals surface area contributed by atoms with Crippen LogP contribution in [0.3, 0.4) is 0 Å². The Hall–Kier alpha value is -0.870. The summed E-state index contributed by atoms with van der Waals surface area (Å²) in [6.07, 6.45) is 6.94. The van der Waals surface area contributed by atoms with Gasteiger partial charge in [-0.05, 0) is 50.0 Å². The first-order chi connectivity index (χ1) is 8.57. The van der Waals surface area contributed by atoms with Crippen LogP contribution in [0.1, 0.15) is 58.2 Å². The highest BCUT2D eigenvalue weighted by atomic mass is 15.3. The van der Waals surface area contributed by atoms with E-state index in [1.807, 2.05) is 10.9 Å². The first kappa shape index (κ1) is 13.6. The van der Waals surface area contributed by atoms with Gasteiger partial charge in [0.1, 0.15) is 0 Å². The molecule has 1 unspecified atom stereocenters. The molecule has 1 fully saturated rings. The third kappa shape index (κ3) is 2.75. The van der Waals surface area contributed by atoms with Crippen molar-refractivity contribution in [3.05, 3.63) is 18.0 Å². The molecule has 1 aromatic rings. The molecule has 18 heavy (non-hydrogen) atoms. The quantitative estimate of drug-likeness (QED) is 0.638. The summed E-state index contributed by atoms with van der Waals surface area (Å²) in [5.74, 6) is 6.42. The smallest absolute Gasteiger partial charge is 0.0657 e. The van der Waals surface area contributed by atoms with Gasteiger partial charge in [-0.15, -0.1) is 0 Å². The standard InChI is InChI=1S/C14H26N4/c1-4-18-12(7-10-16-18)13(17-15)11-5-8-14(2,3)9-6-11/h7,10-11,13,17H,4-6,8-9,15H2,1-3H3. The maximum Gasteiger partial charge on any atom is 0.0657 e. The average molecular weight is 250 g/mol. The number of hydrogen-bond donors (Lipinski definition) is 2. The van der Waals surface area contributed by atoms with Crippen LogP contribution >= 0.6 is 0 Å². The molecule has 1 heterocycles. The van der Waals surface area contributed by atoms with Crippen molar-refractivity contribution in [2.75, 3.05) is 0 Å². The van der Waals surface area contributed by atoms with Gasteiger partial charge in [0, 0.05) is 12.7 Å². The van der Waals surface area contributed by atoms with Gasteiger partial charge in [0.25, 0.3) is 0 Å². The number of nitrogens with two attached hydrogens (primary N) is 1. The third-order valence-corrected chi connectivity index (χ3v) is 4.40. The van der Waals surface area contributed by atoms with Crippen molar-refractivity contribution in [3.63, 3.8) is 0 Å². The van der Waals surface area contributed by atoms with E-state index in [1.165, 1.54) is 31.4 Å². The lowest BCUT2D eigenvalue weighted by molar-refractivity contribution is 0.158. The number of hydrazine groups is 1. The summed E-state index contributed by atoms with van der Waals surface area (Å²) in [4.78, 5) is 0. The van der Waals surface area contributed by atoms with Crippen LogP contribution in [0.4, 0.5) is 0 Å². The second kappa shape index (κ2) is 5.41. The second-order valence-corrected chi connectivity index (χ2v) is 6.22. The molecule has 0 bridgehead atoms. The van der Waals surface area contributed by atoms with E-state index >= 15 is 0 Å². The van der Waals surface area contributed by atoms with Crippen molar-refractivity contribution in [3.8, 4) is 0 Å². The Bertz CT molecular complexity index is 373. The maximum absolute atomic E-state index is 5.79. The monoisotopic (exact) mass is 250 g/mol. The summed E-state index contributed by atoms with van der Waals surface area (Å²) in [5.41, 5.74) is 4.74. The van der Waals surface area contributed by atoms with Gasteiger partial charge in [-0.2, -0.15) is 5.10 Å². The zero-order valence-electron chi connectivity index (χ0n) is 11.8. The molecule has 3 N–H and O–H groups in total. The fraction of sp³-hybridized carbons (Fsp3) is 0.786. The lowest BCUT2D eigenvalue weighted by Crippen LogP contribution is -2.37. The summed E-state index contributed by atoms with van der Waals surface area (Å²) >= 11 is 0. The minimum atomic E-state index is 0.239. The molecule has 0 radical (unpaired) electrons. The van der Waals surface area contributed by atoms with E-state index in [9.17, 15) is 0 Å². The molecular weight excluding hydrogens is 224 g/mol. The SMILES string of the molecule is CCn1nccc1C(NN)C1CCC(C)(C)CC1. The molecule has 1 saturated carbocycles. The molecule has 0 saturated heterocycles. The van der Waals surface area contributed by atoms with E-state index in [1.54, 1.807) is 0 Å². The zero-order chi connectivity index (χ0) is 13.2. The Labute approximate surface area is 110 Å². The Morgan fingerprint density at radius 1 is 1.50 bits per heavy atom. The number of rotatable bonds is 4. The van der Waals surface area contributed by atoms with Crippen molar-refractivity contribution >= 4 is 0 Å². The second-order valence-electron chi connectivity index (χ2n) is 6.22. The van der Waals surface area contributed by atoms with E-state index < -0.39 is 0 Å². The van der Waals surface area contributed by atoms with Crippen LogP contribution in [0, 0.1) is 11.3 Å². The van der Waals surface area contributed by atoms with E-state index in [0.717, 1.165) is 6.54 Å². The predicted molar refractivity (Wildman–Crippen MR) is 73.7 cm³/mol. The van der Waals surface area contributed by atoms with Crippen molar-refractivity contribution < 1.29 is 0 Å². The maximum atomic E-state index is 5.79. The Balaban J connectivity index is 2.10. The van der Waals surface area contributed by atoms with Gasteiger partial charge in [0.15, 0.2) is 0 Å². The third-order valence-electron chi connectivity index (χ3n) is 4.40. The van der Waals surface area contributed by atoms with Gasteiger partial charge in [-0.3, -0.25) is 16.0 Å². The summed E-state index contributed by atoms with van der Waals surface area (Å²) in [5, 5.41) is 4.35. The van der Waals surface area contributed by atoms with Crippen LogP contribution in [-0.2, 0) is 6.54 Å². The minimum Gasteiger partial charge on any atom is -0.271 e. The molecule has 0 aromatic carbocycles. The number of nitrogens with zero attached hydrogens (tertiary/aromatic N) is 2. The Morgan fingerprint density at radius 2 is 2.17 bits per heavy atom. The van der Waals surface area contributed by atoms with Gasteiger partial charge in [0.2, 0.25) is 0 Å². The fourth-order valence-electron chi connectivity index (χ4n) is 3.09. The summed E-state index contributed by atoms with van der Waals surface area (Å²) < 4.78 is 2.05. The van der Waals surface area contributed by atoms with Gasteiger partial charge < -0.3 is 0 Å². The predicted octanol–water partition coefficient (Wildman–Crippen LogP) is 2.62. The van der Waals surface area contributed by atoms with Gasteiger partial charge in [0.05, 0.1) is 11.7 Å².